The van der Waals surface area contributed by atoms with Gasteiger partial charge in [0, 0.05) is 93.7 Å². The number of anilines is 2. The maximum atomic E-state index is 14.0. The van der Waals surface area contributed by atoms with Gasteiger partial charge in [0.25, 0.3) is 17.6 Å². The summed E-state index contributed by atoms with van der Waals surface area (Å²) in [4.78, 5) is 128. The molecule has 3 saturated heterocycles. The minimum Gasteiger partial charge on any atom is -0.464 e. The van der Waals surface area contributed by atoms with E-state index in [2.05, 4.69) is 103 Å². The number of hydrazone groups is 3. The molecule has 0 spiro atoms. The Labute approximate surface area is 754 Å². The first-order valence-electron chi connectivity index (χ1n) is 42.3. The summed E-state index contributed by atoms with van der Waals surface area (Å²) in [6.45, 7) is 16.6. The number of carbonyl (C=O) groups is 8. The number of benzene rings is 3. The number of fused-ring (bicyclic) bond motifs is 2. The summed E-state index contributed by atoms with van der Waals surface area (Å²) in [6.07, 6.45) is 20.1. The third kappa shape index (κ3) is 28.0. The fourth-order valence-corrected chi connectivity index (χ4v) is 16.2. The molecule has 2 bridgehead atoms. The normalized spacial score (nSPS) is 19.4. The first kappa shape index (κ1) is 100. The lowest BCUT2D eigenvalue weighted by molar-refractivity contribution is -0.147. The first-order valence-corrected chi connectivity index (χ1v) is 43.4. The van der Waals surface area contributed by atoms with Gasteiger partial charge in [-0.15, -0.1) is 0 Å². The Bertz CT molecular complexity index is 4750. The van der Waals surface area contributed by atoms with Crippen LogP contribution >= 0.6 is 34.8 Å². The first-order chi connectivity index (χ1) is 61.7. The molecule has 0 radical (unpaired) electrons. The van der Waals surface area contributed by atoms with Crippen LogP contribution in [0.1, 0.15) is 167 Å². The van der Waals surface area contributed by atoms with Crippen molar-refractivity contribution in [1.82, 2.24) is 60.2 Å². The van der Waals surface area contributed by atoms with E-state index in [1.54, 1.807) is 55.2 Å². The second-order valence-corrected chi connectivity index (χ2v) is 31.5. The number of aromatic nitrogens is 8. The van der Waals surface area contributed by atoms with Gasteiger partial charge in [-0.1, -0.05) is 123 Å². The number of nitrogens with one attached hydrogen (secondary N) is 1. The Kier molecular flexibility index (Phi) is 39.4. The van der Waals surface area contributed by atoms with Crippen LogP contribution in [0.25, 0.3) is 0 Å². The molecule has 3 aromatic carbocycles. The number of ketones is 1. The Balaban J connectivity index is 0.000000180. The number of halogens is 7. The average Bonchev–Trinajstić information content (AvgIpc) is 1.56. The molecule has 2 saturated carbocycles. The van der Waals surface area contributed by atoms with Crippen molar-refractivity contribution in [2.45, 2.75) is 150 Å². The number of aliphatic hydroxyl groups excluding tert-OH is 1. The molecule has 128 heavy (non-hydrogen) atoms. The molecule has 6 aliphatic heterocycles. The van der Waals surface area contributed by atoms with Crippen LogP contribution < -0.4 is 29.3 Å². The van der Waals surface area contributed by atoms with Crippen molar-refractivity contribution < 1.29 is 94.2 Å². The lowest BCUT2D eigenvalue weighted by Crippen LogP contribution is -2.41. The number of hydrogen-bond donors (Lipinski definition) is 2. The zero-order valence-corrected chi connectivity index (χ0v) is 74.5. The monoisotopic (exact) mass is 1840 g/mol. The predicted molar refractivity (Wildman–Crippen MR) is 465 cm³/mol. The number of nitrogens with zero attached hydrogens (tertiary/aromatic N) is 16. The molecule has 1 unspecified atom stereocenters. The zero-order valence-electron chi connectivity index (χ0n) is 72.2. The van der Waals surface area contributed by atoms with E-state index in [0.717, 1.165) is 87.5 Å². The lowest BCUT2D eigenvalue weighted by Gasteiger charge is -2.35. The van der Waals surface area contributed by atoms with Gasteiger partial charge in [0.1, 0.15) is 12.4 Å². The smallest absolute Gasteiger partial charge is 0.344 e. The number of amides is 3. The van der Waals surface area contributed by atoms with Gasteiger partial charge < -0.3 is 53.4 Å². The van der Waals surface area contributed by atoms with Gasteiger partial charge in [-0.3, -0.25) is 19.2 Å². The number of hydrogen-bond acceptors (Lipinski definition) is 30. The molecule has 40 heteroatoms. The Hall–Kier alpha value is -11.5. The average molecular weight is 1840 g/mol. The molecule has 5 fully saturated rings. The fraction of sp³-hybridized carbons (Fsp3) is 0.489. The maximum absolute atomic E-state index is 14.0. The topological polar surface area (TPSA) is 390 Å². The standard InChI is InChI=1S/2C23H26FN5O4.C15H19N3O.C11H18O.C8H8ClFN2O3.C4HCl2FN2.C4H8O3/c2*1-2-32-20(30)15-33-21-18(24)14-25-23(27-21)28-12-9-17(10-13-28)22(31)29-19(8-11-26-29)16-6-4-3-5-7-16;19-15(13-6-9-16-10-7-13)18-14(8-11-17-18)12-4-2-1-3-5-12;1-4-11-6-5-8(7-9(11)12)10(11,2)3;1-2-14-6(13)4-15-7-5(10)3-11-8(9)12-7;5-3-2(7)1-8-4(6)9-3;1-2-7-4(6)3-5/h2*3-7,11,14,17,19H,2,8-10,12-13,15H2,1H3;1-5,11,13-14,16H,6-10H2;8H,4-7H2,1-3H3;3H,2,4H2,1H3;1H;5H,2-3H2,1H3/t2*19-;14-;8?,11-;;;/m0000.../s1. The summed E-state index contributed by atoms with van der Waals surface area (Å²) >= 11 is 15.9. The number of aliphatic hydroxyl groups is 1. The van der Waals surface area contributed by atoms with E-state index in [0.29, 0.717) is 100 Å². The van der Waals surface area contributed by atoms with E-state index in [-0.39, 0.29) is 112 Å². The van der Waals surface area contributed by atoms with Crippen molar-refractivity contribution in [2.75, 3.05) is 102 Å². The quantitative estimate of drug-likeness (QED) is 0.0197. The number of Topliss-reactive ketones (excluding diaryl/α,β-unsaturated/α-hetero) is 1. The summed E-state index contributed by atoms with van der Waals surface area (Å²) in [5.41, 5.74) is 3.66. The Morgan fingerprint density at radius 3 is 1.12 bits per heavy atom. The van der Waals surface area contributed by atoms with Gasteiger partial charge in [0.05, 0.1) is 69.3 Å². The third-order valence-electron chi connectivity index (χ3n) is 22.5. The van der Waals surface area contributed by atoms with Crippen molar-refractivity contribution in [3.8, 4) is 17.6 Å². The SMILES string of the molecule is CCOC(=O)CO.CCOC(=O)COc1nc(Cl)ncc1F.CCOC(=O)COc1nc(N2CCC(C(=O)N3N=CC[C@H]3c3ccccc3)CC2)ncc1F.CCOC(=O)COc1nc(N2CCC(C(=O)N3N=CC[C@H]3c3ccccc3)CC2)ncc1F.CC[C@]12CCC(CC1=O)C2(C)C.Fc1cnc(Cl)nc1Cl.O=C(C1CCNCC1)N1N=CC[C@H]1c1ccccc1. The van der Waals surface area contributed by atoms with Crippen LogP contribution in [0.5, 0.6) is 17.6 Å². The summed E-state index contributed by atoms with van der Waals surface area (Å²) in [7, 11) is 0. The highest BCUT2D eigenvalue weighted by Crippen LogP contribution is 2.65. The molecule has 15 rings (SSSR count). The molecule has 3 amide bonds. The molecule has 10 heterocycles. The van der Waals surface area contributed by atoms with Crippen LogP contribution in [-0.4, -0.2) is 218 Å². The largest absolute Gasteiger partial charge is 0.464 e. The molecule has 5 atom stereocenters. The number of esters is 4. The molecule has 2 aliphatic carbocycles. The van der Waals surface area contributed by atoms with Gasteiger partial charge in [-0.2, -0.15) is 43.4 Å². The van der Waals surface area contributed by atoms with Crippen molar-refractivity contribution in [3.05, 3.63) is 171 Å². The highest BCUT2D eigenvalue weighted by Gasteiger charge is 2.63. The van der Waals surface area contributed by atoms with Crippen LogP contribution in [-0.2, 0) is 57.3 Å². The summed E-state index contributed by atoms with van der Waals surface area (Å²) in [6, 6.07) is 29.9. The van der Waals surface area contributed by atoms with E-state index in [4.69, 9.17) is 63.6 Å². The highest BCUT2D eigenvalue weighted by atomic mass is 35.5. The van der Waals surface area contributed by atoms with Crippen LogP contribution in [0.2, 0.25) is 15.7 Å². The van der Waals surface area contributed by atoms with Crippen molar-refractivity contribution in [2.24, 2.45) is 49.8 Å². The van der Waals surface area contributed by atoms with E-state index in [1.807, 2.05) is 94.9 Å². The number of rotatable bonds is 23. The maximum Gasteiger partial charge on any atom is 0.344 e. The molecule has 2 N–H and O–H groups in total. The second kappa shape index (κ2) is 50.3. The lowest BCUT2D eigenvalue weighted by atomic mass is 9.67. The highest BCUT2D eigenvalue weighted by molar-refractivity contribution is 6.31. The minimum atomic E-state index is -0.788. The van der Waals surface area contributed by atoms with E-state index in [9.17, 15) is 55.9 Å². The molecule has 8 aliphatic rings. The molecule has 33 nitrogen and oxygen atoms in total. The van der Waals surface area contributed by atoms with Gasteiger partial charge in [0.2, 0.25) is 57.6 Å². The van der Waals surface area contributed by atoms with Crippen LogP contribution in [0.4, 0.5) is 29.5 Å². The molecule has 7 aromatic rings. The summed E-state index contributed by atoms with van der Waals surface area (Å²) in [5, 5.41) is 28.7. The van der Waals surface area contributed by atoms with Gasteiger partial charge in [0.15, 0.2) is 30.8 Å². The van der Waals surface area contributed by atoms with Crippen LogP contribution in [0.15, 0.2) is 131 Å². The van der Waals surface area contributed by atoms with Crippen molar-refractivity contribution >= 4 is 113 Å². The predicted octanol–water partition coefficient (Wildman–Crippen LogP) is 12.9. The number of carbonyl (C=O) groups excluding carboxylic acids is 8. The molecular formula is C88H106Cl3F4N17O16. The summed E-state index contributed by atoms with van der Waals surface area (Å²) < 4.78 is 86.6. The molecular weight excluding hydrogens is 1730 g/mol. The zero-order chi connectivity index (χ0) is 92.3. The Morgan fingerprint density at radius 2 is 0.805 bits per heavy atom. The minimum absolute atomic E-state index is 0.00994. The van der Waals surface area contributed by atoms with Crippen LogP contribution in [0.3, 0.4) is 0 Å². The Morgan fingerprint density at radius 1 is 0.461 bits per heavy atom. The number of piperidine rings is 3. The van der Waals surface area contributed by atoms with Crippen molar-refractivity contribution in [3.63, 3.8) is 0 Å². The fourth-order valence-electron chi connectivity index (χ4n) is 15.8. The van der Waals surface area contributed by atoms with Crippen molar-refractivity contribution in [1.29, 1.82) is 0 Å². The van der Waals surface area contributed by atoms with E-state index < -0.39 is 73.6 Å². The third-order valence-corrected chi connectivity index (χ3v) is 23.1. The van der Waals surface area contributed by atoms with Gasteiger partial charge in [-0.25, -0.2) is 63.5 Å². The van der Waals surface area contributed by atoms with Crippen LogP contribution in [0, 0.1) is 57.8 Å². The second-order valence-electron chi connectivity index (χ2n) is 30.5. The number of ether oxygens (including phenoxy) is 7. The van der Waals surface area contributed by atoms with Gasteiger partial charge in [-0.05, 0) is 150 Å². The van der Waals surface area contributed by atoms with Gasteiger partial charge >= 0.3 is 23.9 Å². The van der Waals surface area contributed by atoms with E-state index in [1.165, 1.54) is 12.0 Å². The summed E-state index contributed by atoms with van der Waals surface area (Å²) in [5.74, 6) is -4.50. The van der Waals surface area contributed by atoms with E-state index >= 15 is 0 Å². The molecule has 4 aromatic heterocycles. The molecule has 688 valence electrons.